The first-order valence-electron chi connectivity index (χ1n) is 5.22. The third-order valence-corrected chi connectivity index (χ3v) is 2.79. The van der Waals surface area contributed by atoms with Gasteiger partial charge in [-0.15, -0.1) is 0 Å². The molecule has 17 heavy (non-hydrogen) atoms. The minimum Gasteiger partial charge on any atom is -0.389 e. The minimum atomic E-state index is -0.620. The Morgan fingerprint density at radius 2 is 2.24 bits per heavy atom. The van der Waals surface area contributed by atoms with E-state index in [1.807, 2.05) is 25.1 Å². The first kappa shape index (κ1) is 13.8. The number of nitrogens with one attached hydrogen (secondary N) is 1. The lowest BCUT2D eigenvalue weighted by atomic mass is 10.2. The van der Waals surface area contributed by atoms with Gasteiger partial charge in [0.15, 0.2) is 5.96 Å². The first-order valence-corrected chi connectivity index (χ1v) is 6.02. The Labute approximate surface area is 109 Å². The zero-order chi connectivity index (χ0) is 12.8. The van der Waals surface area contributed by atoms with Crippen LogP contribution in [0.2, 0.25) is 0 Å². The molecule has 5 nitrogen and oxygen atoms in total. The van der Waals surface area contributed by atoms with Gasteiger partial charge < -0.3 is 21.9 Å². The van der Waals surface area contributed by atoms with E-state index in [-0.39, 0.29) is 12.5 Å². The van der Waals surface area contributed by atoms with Crippen molar-refractivity contribution in [3.8, 4) is 0 Å². The zero-order valence-electron chi connectivity index (χ0n) is 9.65. The van der Waals surface area contributed by atoms with Gasteiger partial charge in [0, 0.05) is 16.7 Å². The smallest absolute Gasteiger partial charge is 0.185 e. The number of rotatable bonds is 5. The molecule has 0 aromatic heterocycles. The van der Waals surface area contributed by atoms with Crippen molar-refractivity contribution in [3.63, 3.8) is 0 Å². The number of aliphatic hydroxyl groups is 1. The second-order valence-electron chi connectivity index (χ2n) is 3.78. The molecule has 1 aromatic rings. The maximum Gasteiger partial charge on any atom is 0.185 e. The van der Waals surface area contributed by atoms with Gasteiger partial charge in [-0.3, -0.25) is 4.99 Å². The molecule has 1 atom stereocenters. The second kappa shape index (κ2) is 6.46. The molecular formula is C11H17BrN4O. The molecule has 0 amide bonds. The topological polar surface area (TPSA) is 96.7 Å². The fraction of sp³-hybridized carbons (Fsp3) is 0.364. The lowest BCUT2D eigenvalue weighted by Crippen LogP contribution is -2.28. The molecule has 0 heterocycles. The molecular weight excluding hydrogens is 284 g/mol. The molecule has 0 saturated carbocycles. The molecule has 0 fully saturated rings. The molecule has 0 radical (unpaired) electrons. The summed E-state index contributed by atoms with van der Waals surface area (Å²) in [5, 5.41) is 12.7. The number of guanidine groups is 1. The molecule has 94 valence electrons. The van der Waals surface area contributed by atoms with E-state index in [9.17, 15) is 5.11 Å². The van der Waals surface area contributed by atoms with E-state index in [0.29, 0.717) is 6.54 Å². The van der Waals surface area contributed by atoms with Crippen LogP contribution >= 0.6 is 15.9 Å². The van der Waals surface area contributed by atoms with Crippen LogP contribution in [0.1, 0.15) is 5.56 Å². The number of benzene rings is 1. The van der Waals surface area contributed by atoms with Crippen LogP contribution in [0.25, 0.3) is 0 Å². The molecule has 6 heteroatoms. The molecule has 1 unspecified atom stereocenters. The fourth-order valence-corrected chi connectivity index (χ4v) is 1.90. The first-order chi connectivity index (χ1) is 7.99. The van der Waals surface area contributed by atoms with E-state index in [1.54, 1.807) is 0 Å². The van der Waals surface area contributed by atoms with Crippen molar-refractivity contribution in [3.05, 3.63) is 28.2 Å². The van der Waals surface area contributed by atoms with E-state index in [1.165, 1.54) is 5.56 Å². The predicted octanol–water partition coefficient (Wildman–Crippen LogP) is 0.804. The van der Waals surface area contributed by atoms with Crippen molar-refractivity contribution >= 4 is 27.6 Å². The highest BCUT2D eigenvalue weighted by Gasteiger charge is 2.05. The van der Waals surface area contributed by atoms with Crippen molar-refractivity contribution < 1.29 is 5.11 Å². The third-order valence-electron chi connectivity index (χ3n) is 2.14. The lowest BCUT2D eigenvalue weighted by molar-refractivity contribution is 0.196. The van der Waals surface area contributed by atoms with Crippen LogP contribution in [0.3, 0.4) is 0 Å². The van der Waals surface area contributed by atoms with Gasteiger partial charge in [0.2, 0.25) is 0 Å². The van der Waals surface area contributed by atoms with E-state index >= 15 is 0 Å². The third kappa shape index (κ3) is 5.06. The summed E-state index contributed by atoms with van der Waals surface area (Å²) in [5.41, 5.74) is 12.5. The molecule has 0 aliphatic rings. The Hall–Kier alpha value is -1.27. The fourth-order valence-electron chi connectivity index (χ4n) is 1.27. The van der Waals surface area contributed by atoms with Crippen molar-refractivity contribution in [2.75, 3.05) is 18.4 Å². The number of hydrogen-bond donors (Lipinski definition) is 4. The number of nitrogens with two attached hydrogens (primary N) is 2. The van der Waals surface area contributed by atoms with Crippen molar-refractivity contribution in [1.29, 1.82) is 0 Å². The Morgan fingerprint density at radius 3 is 2.82 bits per heavy atom. The average Bonchev–Trinajstić information content (AvgIpc) is 2.25. The number of nitrogens with zero attached hydrogens (tertiary/aromatic N) is 1. The van der Waals surface area contributed by atoms with Crippen LogP contribution in [0, 0.1) is 6.92 Å². The quantitative estimate of drug-likeness (QED) is 0.478. The van der Waals surface area contributed by atoms with Gasteiger partial charge in [0.1, 0.15) is 0 Å². The summed E-state index contributed by atoms with van der Waals surface area (Å²) in [7, 11) is 0. The lowest BCUT2D eigenvalue weighted by Gasteiger charge is -2.12. The molecule has 0 bridgehead atoms. The summed E-state index contributed by atoms with van der Waals surface area (Å²) in [6.45, 7) is 2.60. The number of aliphatic hydroxyl groups excluding tert-OH is 1. The predicted molar refractivity (Wildman–Crippen MR) is 74.1 cm³/mol. The zero-order valence-corrected chi connectivity index (χ0v) is 11.2. The molecule has 0 aliphatic carbocycles. The van der Waals surface area contributed by atoms with Gasteiger partial charge in [0.25, 0.3) is 0 Å². The second-order valence-corrected chi connectivity index (χ2v) is 4.64. The van der Waals surface area contributed by atoms with E-state index in [0.717, 1.165) is 10.2 Å². The molecule has 0 saturated heterocycles. The molecule has 0 spiro atoms. The van der Waals surface area contributed by atoms with Crippen LogP contribution in [0.4, 0.5) is 5.69 Å². The summed E-state index contributed by atoms with van der Waals surface area (Å²) in [6.07, 6.45) is -0.620. The number of aliphatic imine (C=N–C) groups is 1. The van der Waals surface area contributed by atoms with Crippen molar-refractivity contribution in [1.82, 2.24) is 0 Å². The van der Waals surface area contributed by atoms with Gasteiger partial charge in [-0.05, 0) is 40.5 Å². The van der Waals surface area contributed by atoms with Crippen molar-refractivity contribution in [2.45, 2.75) is 13.0 Å². The van der Waals surface area contributed by atoms with E-state index in [2.05, 4.69) is 26.2 Å². The van der Waals surface area contributed by atoms with Gasteiger partial charge in [0.05, 0.1) is 12.6 Å². The largest absolute Gasteiger partial charge is 0.389 e. The Balaban J connectivity index is 2.47. The number of hydrogen-bond acceptors (Lipinski definition) is 3. The summed E-state index contributed by atoms with van der Waals surface area (Å²) < 4.78 is 0.964. The SMILES string of the molecule is Cc1ccc(NCC(O)CN=C(N)N)c(Br)c1. The highest BCUT2D eigenvalue weighted by molar-refractivity contribution is 9.10. The number of halogens is 1. The monoisotopic (exact) mass is 300 g/mol. The summed E-state index contributed by atoms with van der Waals surface area (Å²) in [5.74, 6) is -0.0134. The molecule has 6 N–H and O–H groups in total. The normalized spacial score (nSPS) is 11.9. The molecule has 1 aromatic carbocycles. The Bertz CT molecular complexity index is 404. The van der Waals surface area contributed by atoms with Gasteiger partial charge in [-0.2, -0.15) is 0 Å². The Kier molecular flexibility index (Phi) is 5.24. The van der Waals surface area contributed by atoms with Crippen LogP contribution in [-0.2, 0) is 0 Å². The van der Waals surface area contributed by atoms with Crippen LogP contribution in [-0.4, -0.2) is 30.3 Å². The van der Waals surface area contributed by atoms with Crippen LogP contribution < -0.4 is 16.8 Å². The summed E-state index contributed by atoms with van der Waals surface area (Å²) in [4.78, 5) is 3.74. The maximum atomic E-state index is 9.61. The molecule has 0 aliphatic heterocycles. The number of anilines is 1. The highest BCUT2D eigenvalue weighted by Crippen LogP contribution is 2.23. The van der Waals surface area contributed by atoms with Gasteiger partial charge in [-0.25, -0.2) is 0 Å². The van der Waals surface area contributed by atoms with Gasteiger partial charge in [-0.1, -0.05) is 6.07 Å². The van der Waals surface area contributed by atoms with Crippen LogP contribution in [0.5, 0.6) is 0 Å². The molecule has 1 rings (SSSR count). The number of aryl methyl sites for hydroxylation is 1. The standard InChI is InChI=1S/C11H17BrN4O/c1-7-2-3-10(9(12)4-7)15-5-8(17)6-16-11(13)14/h2-4,8,15,17H,5-6H2,1H3,(H4,13,14,16). The summed E-state index contributed by atoms with van der Waals surface area (Å²) in [6, 6.07) is 5.95. The highest BCUT2D eigenvalue weighted by atomic mass is 79.9. The minimum absolute atomic E-state index is 0.0134. The van der Waals surface area contributed by atoms with Crippen molar-refractivity contribution in [2.24, 2.45) is 16.5 Å². The van der Waals surface area contributed by atoms with Crippen LogP contribution in [0.15, 0.2) is 27.7 Å². The van der Waals surface area contributed by atoms with E-state index < -0.39 is 6.10 Å². The van der Waals surface area contributed by atoms with E-state index in [4.69, 9.17) is 11.5 Å². The Morgan fingerprint density at radius 1 is 1.53 bits per heavy atom. The van der Waals surface area contributed by atoms with Gasteiger partial charge >= 0.3 is 0 Å². The maximum absolute atomic E-state index is 9.61. The average molecular weight is 301 g/mol. The summed E-state index contributed by atoms with van der Waals surface area (Å²) >= 11 is 3.45.